The van der Waals surface area contributed by atoms with Crippen molar-refractivity contribution in [2.45, 2.75) is 18.4 Å². The average Bonchev–Trinajstić information content (AvgIpc) is 2.73. The zero-order valence-corrected chi connectivity index (χ0v) is 17.7. The van der Waals surface area contributed by atoms with Crippen molar-refractivity contribution in [2.75, 3.05) is 25.6 Å². The zero-order chi connectivity index (χ0) is 21.9. The molecular weight excluding hydrogens is 406 g/mol. The predicted octanol–water partition coefficient (Wildman–Crippen LogP) is 0.811. The molecule has 0 radical (unpaired) electrons. The highest BCUT2D eigenvalue weighted by molar-refractivity contribution is 7.89. The Bertz CT molecular complexity index is 1090. The van der Waals surface area contributed by atoms with E-state index < -0.39 is 15.9 Å². The molecule has 0 unspecified atom stereocenters. The van der Waals surface area contributed by atoms with Crippen molar-refractivity contribution in [2.24, 2.45) is 4.99 Å². The number of benzene rings is 2. The fraction of sp³-hybridized carbons (Fsp3) is 0.250. The van der Waals surface area contributed by atoms with Gasteiger partial charge < -0.3 is 5.32 Å². The van der Waals surface area contributed by atoms with Gasteiger partial charge in [-0.15, -0.1) is 0 Å². The molecule has 158 valence electrons. The van der Waals surface area contributed by atoms with Gasteiger partial charge in [0.25, 0.3) is 11.8 Å². The Morgan fingerprint density at radius 3 is 2.50 bits per heavy atom. The molecule has 0 aliphatic carbocycles. The van der Waals surface area contributed by atoms with Crippen molar-refractivity contribution in [1.82, 2.24) is 15.0 Å². The van der Waals surface area contributed by atoms with Crippen LogP contribution in [0.25, 0.3) is 0 Å². The molecule has 3 rings (SSSR count). The van der Waals surface area contributed by atoms with Gasteiger partial charge in [0.2, 0.25) is 15.9 Å². The highest BCUT2D eigenvalue weighted by Gasteiger charge is 2.26. The van der Waals surface area contributed by atoms with E-state index in [1.54, 1.807) is 30.3 Å². The Morgan fingerprint density at radius 1 is 1.17 bits per heavy atom. The molecule has 30 heavy (non-hydrogen) atoms. The summed E-state index contributed by atoms with van der Waals surface area (Å²) in [6.07, 6.45) is 0. The Hall–Kier alpha value is -3.24. The normalized spacial score (nSPS) is 14.3. The minimum atomic E-state index is -3.65. The van der Waals surface area contributed by atoms with Crippen molar-refractivity contribution in [3.8, 4) is 0 Å². The largest absolute Gasteiger partial charge is 0.345 e. The van der Waals surface area contributed by atoms with Crippen LogP contribution in [-0.2, 0) is 26.2 Å². The minimum Gasteiger partial charge on any atom is -0.345 e. The summed E-state index contributed by atoms with van der Waals surface area (Å²) in [6.45, 7) is 1.75. The molecule has 9 nitrogen and oxygen atoms in total. The van der Waals surface area contributed by atoms with E-state index in [2.05, 4.69) is 15.7 Å². The quantitative estimate of drug-likeness (QED) is 0.706. The van der Waals surface area contributed by atoms with Gasteiger partial charge in [-0.3, -0.25) is 20.0 Å². The van der Waals surface area contributed by atoms with Crippen LogP contribution in [0.2, 0.25) is 0 Å². The number of hydrazine groups is 1. The Labute approximate surface area is 175 Å². The number of nitrogens with one attached hydrogen (secondary N) is 2. The van der Waals surface area contributed by atoms with Gasteiger partial charge >= 0.3 is 0 Å². The molecule has 0 bridgehead atoms. The van der Waals surface area contributed by atoms with Crippen LogP contribution in [0, 0.1) is 6.92 Å². The summed E-state index contributed by atoms with van der Waals surface area (Å²) in [5.41, 5.74) is 4.81. The molecule has 0 fully saturated rings. The van der Waals surface area contributed by atoms with Crippen LogP contribution in [0.1, 0.15) is 11.1 Å². The summed E-state index contributed by atoms with van der Waals surface area (Å²) in [7, 11) is -0.760. The third-order valence-electron chi connectivity index (χ3n) is 4.52. The van der Waals surface area contributed by atoms with Crippen LogP contribution in [-0.4, -0.2) is 51.0 Å². The molecule has 1 aliphatic rings. The number of nitrogens with zero attached hydrogens (tertiary/aromatic N) is 3. The first kappa shape index (κ1) is 21.5. The van der Waals surface area contributed by atoms with E-state index in [1.807, 2.05) is 19.1 Å². The fourth-order valence-corrected chi connectivity index (χ4v) is 3.92. The fourth-order valence-electron chi connectivity index (χ4n) is 2.80. The number of rotatable bonds is 6. The molecule has 0 spiro atoms. The second kappa shape index (κ2) is 8.64. The number of carbonyl (C=O) groups is 2. The molecule has 1 heterocycles. The molecule has 2 aromatic rings. The standard InChI is InChI=1S/C20H23N5O4S/c1-14-8-10-16(11-9-14)25-18(26)13-21-19(23-25)20(27)22-12-15-6-4-5-7-17(15)30(28,29)24(2)3/h4-11H,12-13H2,1-3H3,(H,21,23)(H,22,27). The molecular formula is C20H23N5O4S. The predicted molar refractivity (Wildman–Crippen MR) is 113 cm³/mol. The summed E-state index contributed by atoms with van der Waals surface area (Å²) in [5.74, 6) is -0.863. The number of aryl methyl sites for hydroxylation is 1. The maximum atomic E-state index is 12.6. The van der Waals surface area contributed by atoms with Crippen LogP contribution in [0.4, 0.5) is 5.69 Å². The maximum absolute atomic E-state index is 12.6. The number of anilines is 1. The number of sulfonamides is 1. The average molecular weight is 430 g/mol. The SMILES string of the molecule is Cc1ccc(N2NC(C(=O)NCc3ccccc3S(=O)(=O)N(C)C)=NCC2=O)cc1. The summed E-state index contributed by atoms with van der Waals surface area (Å²) < 4.78 is 26.1. The molecule has 0 aromatic heterocycles. The van der Waals surface area contributed by atoms with Gasteiger partial charge in [0, 0.05) is 20.6 Å². The topological polar surface area (TPSA) is 111 Å². The van der Waals surface area contributed by atoms with E-state index in [4.69, 9.17) is 0 Å². The first-order valence-electron chi connectivity index (χ1n) is 9.19. The summed E-state index contributed by atoms with van der Waals surface area (Å²) in [6, 6.07) is 13.7. The number of carbonyl (C=O) groups excluding carboxylic acids is 2. The van der Waals surface area contributed by atoms with Crippen molar-refractivity contribution < 1.29 is 18.0 Å². The number of hydrogen-bond donors (Lipinski definition) is 2. The number of amidine groups is 1. The molecule has 2 amide bonds. The van der Waals surface area contributed by atoms with Gasteiger partial charge in [-0.2, -0.15) is 0 Å². The van der Waals surface area contributed by atoms with E-state index in [9.17, 15) is 18.0 Å². The van der Waals surface area contributed by atoms with Gasteiger partial charge in [0.05, 0.1) is 10.6 Å². The lowest BCUT2D eigenvalue weighted by Crippen LogP contribution is -2.55. The van der Waals surface area contributed by atoms with E-state index in [-0.39, 0.29) is 29.7 Å². The number of aliphatic imine (C=N–C) groups is 1. The minimum absolute atomic E-state index is 0.0126. The van der Waals surface area contributed by atoms with E-state index in [1.165, 1.54) is 25.2 Å². The number of amides is 2. The Morgan fingerprint density at radius 2 is 1.83 bits per heavy atom. The van der Waals surface area contributed by atoms with Crippen molar-refractivity contribution in [1.29, 1.82) is 0 Å². The second-order valence-electron chi connectivity index (χ2n) is 6.92. The monoisotopic (exact) mass is 429 g/mol. The van der Waals surface area contributed by atoms with Gasteiger partial charge in [0.1, 0.15) is 6.54 Å². The smallest absolute Gasteiger partial charge is 0.288 e. The third kappa shape index (κ3) is 4.50. The van der Waals surface area contributed by atoms with Gasteiger partial charge in [-0.05, 0) is 30.7 Å². The molecule has 0 saturated carbocycles. The van der Waals surface area contributed by atoms with Crippen LogP contribution in [0.3, 0.4) is 0 Å². The molecule has 10 heteroatoms. The van der Waals surface area contributed by atoms with Crippen molar-refractivity contribution in [3.05, 3.63) is 59.7 Å². The summed E-state index contributed by atoms with van der Waals surface area (Å²) in [4.78, 5) is 28.9. The maximum Gasteiger partial charge on any atom is 0.288 e. The molecule has 2 N–H and O–H groups in total. The first-order chi connectivity index (χ1) is 14.2. The van der Waals surface area contributed by atoms with E-state index >= 15 is 0 Å². The van der Waals surface area contributed by atoms with Crippen LogP contribution < -0.4 is 15.8 Å². The Kier molecular flexibility index (Phi) is 6.18. The van der Waals surface area contributed by atoms with E-state index in [0.717, 1.165) is 9.87 Å². The van der Waals surface area contributed by atoms with Gasteiger partial charge in [0.15, 0.2) is 0 Å². The van der Waals surface area contributed by atoms with Gasteiger partial charge in [-0.25, -0.2) is 17.7 Å². The molecule has 2 aromatic carbocycles. The third-order valence-corrected chi connectivity index (χ3v) is 6.43. The molecule has 1 aliphatic heterocycles. The highest BCUT2D eigenvalue weighted by atomic mass is 32.2. The lowest BCUT2D eigenvalue weighted by Gasteiger charge is -2.27. The first-order valence-corrected chi connectivity index (χ1v) is 10.6. The summed E-state index contributed by atoms with van der Waals surface area (Å²) in [5, 5.41) is 3.93. The van der Waals surface area contributed by atoms with Crippen LogP contribution in [0.5, 0.6) is 0 Å². The van der Waals surface area contributed by atoms with Crippen LogP contribution >= 0.6 is 0 Å². The summed E-state index contributed by atoms with van der Waals surface area (Å²) >= 11 is 0. The van der Waals surface area contributed by atoms with Crippen LogP contribution in [0.15, 0.2) is 58.4 Å². The second-order valence-corrected chi connectivity index (χ2v) is 9.04. The van der Waals surface area contributed by atoms with Gasteiger partial charge in [-0.1, -0.05) is 35.9 Å². The zero-order valence-electron chi connectivity index (χ0n) is 16.9. The van der Waals surface area contributed by atoms with Crippen molar-refractivity contribution >= 4 is 33.4 Å². The van der Waals surface area contributed by atoms with E-state index in [0.29, 0.717) is 11.3 Å². The lowest BCUT2D eigenvalue weighted by atomic mass is 10.2. The number of hydrogen-bond acceptors (Lipinski definition) is 6. The lowest BCUT2D eigenvalue weighted by molar-refractivity contribution is -0.118. The van der Waals surface area contributed by atoms with Crippen molar-refractivity contribution in [3.63, 3.8) is 0 Å². The highest BCUT2D eigenvalue weighted by Crippen LogP contribution is 2.18. The molecule has 0 saturated heterocycles. The molecule has 0 atom stereocenters. The Balaban J connectivity index is 1.73.